The van der Waals surface area contributed by atoms with Gasteiger partial charge in [0.15, 0.2) is 0 Å². The summed E-state index contributed by atoms with van der Waals surface area (Å²) in [6.45, 7) is 5.45. The van der Waals surface area contributed by atoms with E-state index in [4.69, 9.17) is 0 Å². The van der Waals surface area contributed by atoms with Crippen LogP contribution < -0.4 is 10.2 Å². The third kappa shape index (κ3) is 5.02. The van der Waals surface area contributed by atoms with Gasteiger partial charge >= 0.3 is 0 Å². The predicted octanol–water partition coefficient (Wildman–Crippen LogP) is 4.33. The van der Waals surface area contributed by atoms with E-state index < -0.39 is 0 Å². The van der Waals surface area contributed by atoms with Gasteiger partial charge in [-0.1, -0.05) is 72.8 Å². The van der Waals surface area contributed by atoms with Crippen molar-refractivity contribution in [3.05, 3.63) is 108 Å². The van der Waals surface area contributed by atoms with Crippen LogP contribution in [0.15, 0.2) is 91.1 Å². The maximum atomic E-state index is 13.0. The number of hydrogen-bond donors (Lipinski definition) is 2. The van der Waals surface area contributed by atoms with Gasteiger partial charge in [-0.3, -0.25) is 14.8 Å². The number of aromatic nitrogens is 2. The summed E-state index contributed by atoms with van der Waals surface area (Å²) in [6, 6.07) is 28.8. The first-order valence-corrected chi connectivity index (χ1v) is 11.7. The van der Waals surface area contributed by atoms with Crippen molar-refractivity contribution in [2.45, 2.75) is 13.1 Å². The van der Waals surface area contributed by atoms with Gasteiger partial charge in [0.25, 0.3) is 5.91 Å². The Morgan fingerprint density at radius 1 is 0.824 bits per heavy atom. The highest BCUT2D eigenvalue weighted by Crippen LogP contribution is 2.21. The summed E-state index contributed by atoms with van der Waals surface area (Å²) in [5, 5.41) is 10.2. The largest absolute Gasteiger partial charge is 0.369 e. The maximum absolute atomic E-state index is 13.0. The van der Waals surface area contributed by atoms with Crippen LogP contribution in [0.5, 0.6) is 0 Å². The van der Waals surface area contributed by atoms with Crippen LogP contribution >= 0.6 is 0 Å². The van der Waals surface area contributed by atoms with E-state index in [-0.39, 0.29) is 5.91 Å². The molecule has 1 amide bonds. The van der Waals surface area contributed by atoms with Crippen LogP contribution in [-0.2, 0) is 13.1 Å². The molecule has 1 aliphatic rings. The molecule has 34 heavy (non-hydrogen) atoms. The summed E-state index contributed by atoms with van der Waals surface area (Å²) >= 11 is 0. The van der Waals surface area contributed by atoms with E-state index in [1.807, 2.05) is 36.4 Å². The van der Waals surface area contributed by atoms with Crippen molar-refractivity contribution in [2.24, 2.45) is 0 Å². The summed E-state index contributed by atoms with van der Waals surface area (Å²) < 4.78 is 0. The molecule has 1 aliphatic heterocycles. The number of para-hydroxylation sites is 1. The van der Waals surface area contributed by atoms with Crippen molar-refractivity contribution in [2.75, 3.05) is 31.1 Å². The van der Waals surface area contributed by atoms with Gasteiger partial charge in [-0.2, -0.15) is 5.10 Å². The fourth-order valence-corrected chi connectivity index (χ4v) is 4.48. The number of piperazine rings is 1. The highest BCUT2D eigenvalue weighted by molar-refractivity contribution is 5.99. The third-order valence-corrected chi connectivity index (χ3v) is 6.39. The molecule has 0 unspecified atom stereocenters. The van der Waals surface area contributed by atoms with E-state index in [1.165, 1.54) is 11.3 Å². The highest BCUT2D eigenvalue weighted by atomic mass is 16.1. The zero-order valence-corrected chi connectivity index (χ0v) is 19.2. The molecule has 172 valence electrons. The van der Waals surface area contributed by atoms with E-state index in [0.29, 0.717) is 12.1 Å². The number of H-pyrrole nitrogens is 1. The quantitative estimate of drug-likeness (QED) is 0.439. The van der Waals surface area contributed by atoms with Crippen molar-refractivity contribution >= 4 is 11.6 Å². The summed E-state index contributed by atoms with van der Waals surface area (Å²) in [5.74, 6) is -0.126. The molecule has 1 aromatic heterocycles. The second kappa shape index (κ2) is 10.4. The van der Waals surface area contributed by atoms with Crippen LogP contribution in [-0.4, -0.2) is 47.2 Å². The molecule has 6 nitrogen and oxygen atoms in total. The lowest BCUT2D eigenvalue weighted by atomic mass is 10.1. The smallest absolute Gasteiger partial charge is 0.255 e. The van der Waals surface area contributed by atoms with E-state index in [0.717, 1.165) is 49.5 Å². The third-order valence-electron chi connectivity index (χ3n) is 6.39. The maximum Gasteiger partial charge on any atom is 0.255 e. The number of benzene rings is 3. The van der Waals surface area contributed by atoms with Crippen molar-refractivity contribution < 1.29 is 4.79 Å². The molecule has 2 N–H and O–H groups in total. The molecule has 2 heterocycles. The molecule has 0 spiro atoms. The zero-order chi connectivity index (χ0) is 23.2. The lowest BCUT2D eigenvalue weighted by Gasteiger charge is -2.36. The number of carbonyl (C=O) groups excluding carboxylic acids is 1. The first-order valence-electron chi connectivity index (χ1n) is 11.7. The van der Waals surface area contributed by atoms with Crippen LogP contribution in [0.4, 0.5) is 5.69 Å². The standard InChI is InChI=1S/C28H29N5O/c34-28(26-20-30-31-27(26)22-9-3-1-4-10-22)29-19-23-11-7-8-12-24(23)21-32-15-17-33(18-16-32)25-13-5-2-6-14-25/h1-14,20H,15-19,21H2,(H,29,34)(H,30,31). The minimum atomic E-state index is -0.126. The summed E-state index contributed by atoms with van der Waals surface area (Å²) in [7, 11) is 0. The highest BCUT2D eigenvalue weighted by Gasteiger charge is 2.19. The molecule has 3 aromatic carbocycles. The SMILES string of the molecule is O=C(NCc1ccccc1CN1CCN(c2ccccc2)CC1)c1cn[nH]c1-c1ccccc1. The number of rotatable bonds is 7. The topological polar surface area (TPSA) is 64.3 Å². The van der Waals surface area contributed by atoms with E-state index >= 15 is 0 Å². The fraction of sp³-hybridized carbons (Fsp3) is 0.214. The van der Waals surface area contributed by atoms with Crippen LogP contribution in [0.2, 0.25) is 0 Å². The first kappa shape index (κ1) is 21.9. The average Bonchev–Trinajstić information content (AvgIpc) is 3.40. The monoisotopic (exact) mass is 451 g/mol. The van der Waals surface area contributed by atoms with E-state index in [1.54, 1.807) is 6.20 Å². The summed E-state index contributed by atoms with van der Waals surface area (Å²) in [6.07, 6.45) is 1.59. The second-order valence-corrected chi connectivity index (χ2v) is 8.57. The Hall–Kier alpha value is -3.90. The molecule has 1 fully saturated rings. The van der Waals surface area contributed by atoms with Crippen molar-refractivity contribution in [1.29, 1.82) is 0 Å². The molecule has 0 radical (unpaired) electrons. The van der Waals surface area contributed by atoms with Gasteiger partial charge in [0, 0.05) is 50.5 Å². The van der Waals surface area contributed by atoms with Gasteiger partial charge < -0.3 is 10.2 Å². The Balaban J connectivity index is 1.20. The van der Waals surface area contributed by atoms with Gasteiger partial charge in [-0.25, -0.2) is 0 Å². The number of anilines is 1. The predicted molar refractivity (Wildman–Crippen MR) is 136 cm³/mol. The van der Waals surface area contributed by atoms with Crippen LogP contribution in [0.25, 0.3) is 11.3 Å². The van der Waals surface area contributed by atoms with Gasteiger partial charge in [0.2, 0.25) is 0 Å². The Morgan fingerprint density at radius 2 is 1.47 bits per heavy atom. The van der Waals surface area contributed by atoms with Crippen LogP contribution in [0, 0.1) is 0 Å². The van der Waals surface area contributed by atoms with Gasteiger partial charge in [0.1, 0.15) is 0 Å². The second-order valence-electron chi connectivity index (χ2n) is 8.57. The molecule has 1 saturated heterocycles. The molecule has 0 aliphatic carbocycles. The molecule has 0 bridgehead atoms. The van der Waals surface area contributed by atoms with Crippen LogP contribution in [0.1, 0.15) is 21.5 Å². The van der Waals surface area contributed by atoms with Gasteiger partial charge in [0.05, 0.1) is 17.5 Å². The Bertz CT molecular complexity index is 1210. The van der Waals surface area contributed by atoms with Crippen LogP contribution in [0.3, 0.4) is 0 Å². The van der Waals surface area contributed by atoms with Gasteiger partial charge in [-0.05, 0) is 23.3 Å². The Morgan fingerprint density at radius 3 is 2.21 bits per heavy atom. The molecular formula is C28H29N5O. The summed E-state index contributed by atoms with van der Waals surface area (Å²) in [4.78, 5) is 17.9. The summed E-state index contributed by atoms with van der Waals surface area (Å²) in [5.41, 5.74) is 5.93. The molecule has 4 aromatic rings. The Kier molecular flexibility index (Phi) is 6.68. The number of carbonyl (C=O) groups is 1. The molecule has 6 heteroatoms. The number of hydrogen-bond acceptors (Lipinski definition) is 4. The van der Waals surface area contributed by atoms with Gasteiger partial charge in [-0.15, -0.1) is 0 Å². The van der Waals surface area contributed by atoms with E-state index in [9.17, 15) is 4.79 Å². The number of nitrogens with one attached hydrogen (secondary N) is 2. The number of aromatic amines is 1. The minimum absolute atomic E-state index is 0.126. The minimum Gasteiger partial charge on any atom is -0.369 e. The molecule has 0 atom stereocenters. The van der Waals surface area contributed by atoms with E-state index in [2.05, 4.69) is 73.8 Å². The fourth-order valence-electron chi connectivity index (χ4n) is 4.48. The first-order chi connectivity index (χ1) is 16.8. The van der Waals surface area contributed by atoms with Crippen molar-refractivity contribution in [3.63, 3.8) is 0 Å². The lowest BCUT2D eigenvalue weighted by Crippen LogP contribution is -2.46. The molecule has 5 rings (SSSR count). The molecular weight excluding hydrogens is 422 g/mol. The number of nitrogens with zero attached hydrogens (tertiary/aromatic N) is 3. The molecule has 0 saturated carbocycles. The number of amides is 1. The van der Waals surface area contributed by atoms with Crippen molar-refractivity contribution in [3.8, 4) is 11.3 Å². The van der Waals surface area contributed by atoms with Crippen molar-refractivity contribution in [1.82, 2.24) is 20.4 Å². The lowest BCUT2D eigenvalue weighted by molar-refractivity contribution is 0.0951. The zero-order valence-electron chi connectivity index (χ0n) is 19.2. The normalized spacial score (nSPS) is 14.2. The Labute approximate surface area is 200 Å². The average molecular weight is 452 g/mol.